The number of nitrogens with one attached hydrogen (secondary N) is 1. The number of fused-ring (bicyclic) bond motifs is 1. The summed E-state index contributed by atoms with van der Waals surface area (Å²) in [5.41, 5.74) is 1.14. The Hall–Kier alpha value is -1.69. The van der Waals surface area contributed by atoms with E-state index in [1.165, 1.54) is 19.6 Å². The van der Waals surface area contributed by atoms with E-state index in [2.05, 4.69) is 24.7 Å². The van der Waals surface area contributed by atoms with Gasteiger partial charge in [-0.15, -0.1) is 12.4 Å². The van der Waals surface area contributed by atoms with Gasteiger partial charge in [-0.3, -0.25) is 0 Å². The molecule has 0 radical (unpaired) electrons. The summed E-state index contributed by atoms with van der Waals surface area (Å²) in [6.07, 6.45) is 2.97. The summed E-state index contributed by atoms with van der Waals surface area (Å²) in [7, 11) is 1.28. The lowest BCUT2D eigenvalue weighted by Crippen LogP contribution is -2.06. The molecule has 74 valence electrons. The fourth-order valence-electron chi connectivity index (χ4n) is 0.926. The molecule has 2 heterocycles. The minimum Gasteiger partial charge on any atom is -0.463 e. The second kappa shape index (κ2) is 4.01. The van der Waals surface area contributed by atoms with Crippen molar-refractivity contribution in [2.75, 3.05) is 7.11 Å². The molecule has 0 bridgehead atoms. The fourth-order valence-corrected chi connectivity index (χ4v) is 0.926. The summed E-state index contributed by atoms with van der Waals surface area (Å²) < 4.78 is 4.46. The molecule has 0 fully saturated rings. The van der Waals surface area contributed by atoms with Crippen molar-refractivity contribution in [2.24, 2.45) is 0 Å². The SMILES string of the molecule is COC(=O)c1ncc2[nH]cnc2n1.Cl. The third kappa shape index (κ3) is 1.64. The van der Waals surface area contributed by atoms with Gasteiger partial charge in [-0.05, 0) is 0 Å². The molecule has 6 nitrogen and oxygen atoms in total. The first-order valence-electron chi connectivity index (χ1n) is 3.55. The fraction of sp³-hybridized carbons (Fsp3) is 0.143. The number of methoxy groups -OCH3 is 1. The van der Waals surface area contributed by atoms with Crippen LogP contribution in [0.4, 0.5) is 0 Å². The standard InChI is InChI=1S/C7H6N4O2.ClH/c1-13-7(12)6-8-2-4-5(11-6)10-3-9-4;/h2-3H,1H3,(H,8,9,10,11);1H. The molecule has 0 saturated carbocycles. The third-order valence-corrected chi connectivity index (χ3v) is 1.54. The first kappa shape index (κ1) is 10.4. The van der Waals surface area contributed by atoms with E-state index in [-0.39, 0.29) is 18.2 Å². The van der Waals surface area contributed by atoms with Crippen LogP contribution in [-0.2, 0) is 4.74 Å². The van der Waals surface area contributed by atoms with E-state index in [4.69, 9.17) is 0 Å². The van der Waals surface area contributed by atoms with Crippen molar-refractivity contribution in [3.63, 3.8) is 0 Å². The van der Waals surface area contributed by atoms with Crippen LogP contribution in [0, 0.1) is 0 Å². The van der Waals surface area contributed by atoms with E-state index in [0.29, 0.717) is 11.2 Å². The Labute approximate surface area is 85.1 Å². The number of rotatable bonds is 1. The Balaban J connectivity index is 0.000000980. The van der Waals surface area contributed by atoms with Crippen molar-refractivity contribution in [3.05, 3.63) is 18.3 Å². The molecule has 0 aliphatic heterocycles. The van der Waals surface area contributed by atoms with Crippen molar-refractivity contribution in [1.29, 1.82) is 0 Å². The summed E-state index contributed by atoms with van der Waals surface area (Å²) in [5, 5.41) is 0. The zero-order valence-electron chi connectivity index (χ0n) is 7.22. The summed E-state index contributed by atoms with van der Waals surface area (Å²) in [6.45, 7) is 0. The molecule has 0 atom stereocenters. The Bertz CT molecular complexity index is 456. The molecule has 2 rings (SSSR count). The molecule has 0 unspecified atom stereocenters. The normalized spacial score (nSPS) is 9.50. The summed E-state index contributed by atoms with van der Waals surface area (Å²) in [6, 6.07) is 0. The predicted octanol–water partition coefficient (Wildman–Crippen LogP) is 0.561. The zero-order valence-corrected chi connectivity index (χ0v) is 8.04. The third-order valence-electron chi connectivity index (χ3n) is 1.54. The van der Waals surface area contributed by atoms with Crippen LogP contribution in [0.3, 0.4) is 0 Å². The first-order valence-corrected chi connectivity index (χ1v) is 3.55. The quantitative estimate of drug-likeness (QED) is 0.702. The largest absolute Gasteiger partial charge is 0.463 e. The van der Waals surface area contributed by atoms with Gasteiger partial charge in [-0.25, -0.2) is 19.7 Å². The van der Waals surface area contributed by atoms with E-state index < -0.39 is 5.97 Å². The van der Waals surface area contributed by atoms with Crippen LogP contribution >= 0.6 is 12.4 Å². The molecule has 1 N–H and O–H groups in total. The van der Waals surface area contributed by atoms with Crippen LogP contribution in [-0.4, -0.2) is 33.0 Å². The molecule has 2 aromatic heterocycles. The maximum Gasteiger partial charge on any atom is 0.376 e. The number of hydrogen-bond acceptors (Lipinski definition) is 5. The average Bonchev–Trinajstić information content (AvgIpc) is 2.63. The molecule has 0 amide bonds. The molecule has 0 aliphatic carbocycles. The van der Waals surface area contributed by atoms with E-state index >= 15 is 0 Å². The number of carbonyl (C=O) groups excluding carboxylic acids is 1. The Morgan fingerprint density at radius 2 is 2.29 bits per heavy atom. The number of H-pyrrole nitrogens is 1. The molecule has 0 aromatic carbocycles. The number of aromatic nitrogens is 4. The maximum absolute atomic E-state index is 11.0. The van der Waals surface area contributed by atoms with Crippen molar-refractivity contribution in [2.45, 2.75) is 0 Å². The lowest BCUT2D eigenvalue weighted by Gasteiger charge is -1.95. The summed E-state index contributed by atoms with van der Waals surface area (Å²) in [4.78, 5) is 25.4. The molecule has 2 aromatic rings. The minimum absolute atomic E-state index is 0. The number of halogens is 1. The van der Waals surface area contributed by atoms with Gasteiger partial charge in [-0.2, -0.15) is 0 Å². The smallest absolute Gasteiger partial charge is 0.376 e. The van der Waals surface area contributed by atoms with Gasteiger partial charge in [0.1, 0.15) is 5.52 Å². The maximum atomic E-state index is 11.0. The number of aromatic amines is 1. The highest BCUT2D eigenvalue weighted by molar-refractivity contribution is 5.86. The van der Waals surface area contributed by atoms with E-state index in [1.807, 2.05) is 0 Å². The Morgan fingerprint density at radius 1 is 1.50 bits per heavy atom. The highest BCUT2D eigenvalue weighted by Crippen LogP contribution is 2.04. The average molecular weight is 215 g/mol. The molecular formula is C7H7ClN4O2. The lowest BCUT2D eigenvalue weighted by atomic mass is 10.5. The van der Waals surface area contributed by atoms with E-state index in [9.17, 15) is 4.79 Å². The summed E-state index contributed by atoms with van der Waals surface area (Å²) >= 11 is 0. The molecule has 0 aliphatic rings. The highest BCUT2D eigenvalue weighted by atomic mass is 35.5. The number of esters is 1. The van der Waals surface area contributed by atoms with Gasteiger partial charge in [0.05, 0.1) is 19.6 Å². The molecule has 0 saturated heterocycles. The van der Waals surface area contributed by atoms with Crippen molar-refractivity contribution in [1.82, 2.24) is 19.9 Å². The van der Waals surface area contributed by atoms with Gasteiger partial charge in [0, 0.05) is 0 Å². The number of nitrogens with zero attached hydrogens (tertiary/aromatic N) is 3. The number of hydrogen-bond donors (Lipinski definition) is 1. The van der Waals surface area contributed by atoms with Gasteiger partial charge in [-0.1, -0.05) is 0 Å². The second-order valence-electron chi connectivity index (χ2n) is 2.33. The van der Waals surface area contributed by atoms with Crippen LogP contribution in [0.2, 0.25) is 0 Å². The van der Waals surface area contributed by atoms with Crippen molar-refractivity contribution >= 4 is 29.5 Å². The minimum atomic E-state index is -0.565. The Morgan fingerprint density at radius 3 is 3.00 bits per heavy atom. The topological polar surface area (TPSA) is 80.8 Å². The highest BCUT2D eigenvalue weighted by Gasteiger charge is 2.10. The molecule has 14 heavy (non-hydrogen) atoms. The number of carbonyl (C=O) groups is 1. The van der Waals surface area contributed by atoms with Gasteiger partial charge >= 0.3 is 5.97 Å². The predicted molar refractivity (Wildman–Crippen MR) is 50.3 cm³/mol. The second-order valence-corrected chi connectivity index (χ2v) is 2.33. The van der Waals surface area contributed by atoms with Crippen molar-refractivity contribution < 1.29 is 9.53 Å². The van der Waals surface area contributed by atoms with Gasteiger partial charge in [0.25, 0.3) is 0 Å². The van der Waals surface area contributed by atoms with E-state index in [0.717, 1.165) is 0 Å². The van der Waals surface area contributed by atoms with Crippen LogP contribution in [0.25, 0.3) is 11.2 Å². The first-order chi connectivity index (χ1) is 6.31. The van der Waals surface area contributed by atoms with Crippen LogP contribution in [0.1, 0.15) is 10.6 Å². The lowest BCUT2D eigenvalue weighted by molar-refractivity contribution is 0.0587. The van der Waals surface area contributed by atoms with E-state index in [1.54, 1.807) is 0 Å². The Kier molecular flexibility index (Phi) is 2.98. The number of imidazole rings is 1. The van der Waals surface area contributed by atoms with Crippen LogP contribution < -0.4 is 0 Å². The van der Waals surface area contributed by atoms with Crippen molar-refractivity contribution in [3.8, 4) is 0 Å². The molecule has 0 spiro atoms. The summed E-state index contributed by atoms with van der Waals surface area (Å²) in [5.74, 6) is -0.549. The van der Waals surface area contributed by atoms with Gasteiger partial charge < -0.3 is 9.72 Å². The monoisotopic (exact) mass is 214 g/mol. The van der Waals surface area contributed by atoms with Crippen LogP contribution in [0.15, 0.2) is 12.5 Å². The van der Waals surface area contributed by atoms with Gasteiger partial charge in [0.15, 0.2) is 5.65 Å². The zero-order chi connectivity index (χ0) is 9.26. The molecular weight excluding hydrogens is 208 g/mol. The molecule has 7 heteroatoms. The van der Waals surface area contributed by atoms with Gasteiger partial charge in [0.2, 0.25) is 5.82 Å². The van der Waals surface area contributed by atoms with Crippen LogP contribution in [0.5, 0.6) is 0 Å². The number of ether oxygens (including phenoxy) is 1.